The largest absolute Gasteiger partial charge is 0.494 e. The number of esters is 1. The lowest BCUT2D eigenvalue weighted by Crippen LogP contribution is -2.48. The van der Waals surface area contributed by atoms with Gasteiger partial charge in [0.25, 0.3) is 0 Å². The average molecular weight is 359 g/mol. The molecule has 7 heteroatoms. The van der Waals surface area contributed by atoms with E-state index in [9.17, 15) is 9.59 Å². The maximum Gasteiger partial charge on any atom is 0.338 e. The summed E-state index contributed by atoms with van der Waals surface area (Å²) < 4.78 is 10.5. The molecule has 0 unspecified atom stereocenters. The van der Waals surface area contributed by atoms with Crippen LogP contribution in [0.4, 0.5) is 4.79 Å². The van der Waals surface area contributed by atoms with Crippen molar-refractivity contribution in [3.8, 4) is 5.75 Å². The van der Waals surface area contributed by atoms with Crippen LogP contribution >= 0.6 is 0 Å². The van der Waals surface area contributed by atoms with Gasteiger partial charge in [0.2, 0.25) is 0 Å². The van der Waals surface area contributed by atoms with Crippen molar-refractivity contribution in [2.75, 3.05) is 33.4 Å². The molecule has 7 nitrogen and oxygen atoms in total. The van der Waals surface area contributed by atoms with Crippen LogP contribution in [-0.2, 0) is 9.53 Å². The van der Waals surface area contributed by atoms with E-state index in [4.69, 9.17) is 9.47 Å². The molecule has 1 aromatic rings. The second-order valence-corrected chi connectivity index (χ2v) is 6.40. The first-order chi connectivity index (χ1) is 12.6. The number of likely N-dealkylation sites (tertiary alicyclic amines) is 1. The van der Waals surface area contributed by atoms with Crippen LogP contribution in [0.15, 0.2) is 35.5 Å². The maximum absolute atomic E-state index is 12.5. The van der Waals surface area contributed by atoms with Gasteiger partial charge in [0, 0.05) is 12.2 Å². The van der Waals surface area contributed by atoms with E-state index in [0.717, 1.165) is 37.2 Å². The highest BCUT2D eigenvalue weighted by Gasteiger charge is 2.34. The number of ether oxygens (including phenoxy) is 2. The summed E-state index contributed by atoms with van der Waals surface area (Å²) in [5.74, 6) is 0.308. The Balaban J connectivity index is 1.94. The second-order valence-electron chi connectivity index (χ2n) is 6.40. The van der Waals surface area contributed by atoms with Crippen LogP contribution in [0.3, 0.4) is 0 Å². The molecule has 0 saturated carbocycles. The van der Waals surface area contributed by atoms with Gasteiger partial charge in [0.05, 0.1) is 25.3 Å². The molecule has 0 radical (unpaired) electrons. The number of amides is 2. The fraction of sp³-hybridized carbons (Fsp3) is 0.474. The number of benzene rings is 1. The SMILES string of the molecule is CCOc1ccc([C@@H]2NC(=O)NC(CN3CCCC3)=C2C(=O)OC)cc1. The summed E-state index contributed by atoms with van der Waals surface area (Å²) in [5.41, 5.74) is 1.87. The molecule has 2 aliphatic heterocycles. The molecular formula is C19H25N3O4. The quantitative estimate of drug-likeness (QED) is 0.759. The molecule has 0 aromatic heterocycles. The van der Waals surface area contributed by atoms with Gasteiger partial charge in [-0.3, -0.25) is 4.90 Å². The van der Waals surface area contributed by atoms with Crippen molar-refractivity contribution in [1.29, 1.82) is 0 Å². The first-order valence-corrected chi connectivity index (χ1v) is 8.96. The minimum Gasteiger partial charge on any atom is -0.494 e. The number of rotatable bonds is 6. The van der Waals surface area contributed by atoms with E-state index in [0.29, 0.717) is 24.4 Å². The minimum atomic E-state index is -0.551. The Labute approximate surface area is 153 Å². The van der Waals surface area contributed by atoms with Gasteiger partial charge in [-0.2, -0.15) is 0 Å². The van der Waals surface area contributed by atoms with Crippen LogP contribution in [0.25, 0.3) is 0 Å². The van der Waals surface area contributed by atoms with E-state index in [2.05, 4.69) is 15.5 Å². The van der Waals surface area contributed by atoms with Crippen LogP contribution in [0, 0.1) is 0 Å². The monoisotopic (exact) mass is 359 g/mol. The Morgan fingerprint density at radius 3 is 2.54 bits per heavy atom. The lowest BCUT2D eigenvalue weighted by molar-refractivity contribution is -0.136. The maximum atomic E-state index is 12.5. The van der Waals surface area contributed by atoms with Crippen LogP contribution in [0.5, 0.6) is 5.75 Å². The van der Waals surface area contributed by atoms with Gasteiger partial charge in [-0.25, -0.2) is 9.59 Å². The third-order valence-corrected chi connectivity index (χ3v) is 4.66. The zero-order chi connectivity index (χ0) is 18.5. The van der Waals surface area contributed by atoms with Crippen LogP contribution < -0.4 is 15.4 Å². The summed E-state index contributed by atoms with van der Waals surface area (Å²) in [6.07, 6.45) is 2.27. The van der Waals surface area contributed by atoms with Gasteiger partial charge >= 0.3 is 12.0 Å². The molecule has 0 spiro atoms. The number of methoxy groups -OCH3 is 1. The van der Waals surface area contributed by atoms with Gasteiger partial charge in [0.15, 0.2) is 0 Å². The Morgan fingerprint density at radius 1 is 1.23 bits per heavy atom. The van der Waals surface area contributed by atoms with E-state index in [-0.39, 0.29) is 6.03 Å². The number of carbonyl (C=O) groups is 2. The van der Waals surface area contributed by atoms with Crippen LogP contribution in [0.2, 0.25) is 0 Å². The summed E-state index contributed by atoms with van der Waals surface area (Å²) in [7, 11) is 1.36. The van der Waals surface area contributed by atoms with Crippen molar-refractivity contribution < 1.29 is 19.1 Å². The number of hydrogen-bond donors (Lipinski definition) is 2. The number of nitrogens with one attached hydrogen (secondary N) is 2. The first kappa shape index (κ1) is 18.3. The Morgan fingerprint density at radius 2 is 1.92 bits per heavy atom. The number of hydrogen-bond acceptors (Lipinski definition) is 5. The number of nitrogens with zero attached hydrogens (tertiary/aromatic N) is 1. The van der Waals surface area contributed by atoms with E-state index >= 15 is 0 Å². The smallest absolute Gasteiger partial charge is 0.338 e. The molecule has 1 aromatic carbocycles. The average Bonchev–Trinajstić information content (AvgIpc) is 3.14. The highest BCUT2D eigenvalue weighted by molar-refractivity contribution is 5.95. The van der Waals surface area contributed by atoms with E-state index < -0.39 is 12.0 Å². The van der Waals surface area contributed by atoms with E-state index in [1.807, 2.05) is 31.2 Å². The third kappa shape index (κ3) is 3.99. The highest BCUT2D eigenvalue weighted by Crippen LogP contribution is 2.29. The van der Waals surface area contributed by atoms with Crippen molar-refractivity contribution in [1.82, 2.24) is 15.5 Å². The number of carbonyl (C=O) groups excluding carboxylic acids is 2. The van der Waals surface area contributed by atoms with Crippen molar-refractivity contribution in [2.24, 2.45) is 0 Å². The number of urea groups is 1. The fourth-order valence-electron chi connectivity index (χ4n) is 3.43. The molecule has 3 rings (SSSR count). The predicted molar refractivity (Wildman–Crippen MR) is 96.7 cm³/mol. The molecule has 1 atom stereocenters. The van der Waals surface area contributed by atoms with Gasteiger partial charge in [-0.15, -0.1) is 0 Å². The Bertz CT molecular complexity index is 693. The zero-order valence-electron chi connectivity index (χ0n) is 15.2. The van der Waals surface area contributed by atoms with Crippen LogP contribution in [0.1, 0.15) is 31.4 Å². The molecule has 0 bridgehead atoms. The molecular weight excluding hydrogens is 334 g/mol. The molecule has 140 valence electrons. The third-order valence-electron chi connectivity index (χ3n) is 4.66. The summed E-state index contributed by atoms with van der Waals surface area (Å²) in [5, 5.41) is 5.64. The Hall–Kier alpha value is -2.54. The van der Waals surface area contributed by atoms with Crippen molar-refractivity contribution in [3.63, 3.8) is 0 Å². The first-order valence-electron chi connectivity index (χ1n) is 8.96. The second kappa shape index (κ2) is 8.23. The zero-order valence-corrected chi connectivity index (χ0v) is 15.2. The molecule has 2 amide bonds. The van der Waals surface area contributed by atoms with Crippen molar-refractivity contribution in [3.05, 3.63) is 41.1 Å². The lowest BCUT2D eigenvalue weighted by atomic mass is 9.95. The molecule has 1 saturated heterocycles. The Kier molecular flexibility index (Phi) is 5.78. The molecule has 2 aliphatic rings. The summed E-state index contributed by atoms with van der Waals surface area (Å²) in [4.78, 5) is 26.9. The summed E-state index contributed by atoms with van der Waals surface area (Å²) in [6.45, 7) is 4.97. The van der Waals surface area contributed by atoms with Gasteiger partial charge < -0.3 is 20.1 Å². The summed E-state index contributed by atoms with van der Waals surface area (Å²) in [6, 6.07) is 6.52. The van der Waals surface area contributed by atoms with Crippen molar-refractivity contribution in [2.45, 2.75) is 25.8 Å². The normalized spacial score (nSPS) is 20.5. The van der Waals surface area contributed by atoms with Crippen LogP contribution in [-0.4, -0.2) is 50.3 Å². The predicted octanol–water partition coefficient (Wildman–Crippen LogP) is 1.96. The van der Waals surface area contributed by atoms with Gasteiger partial charge in [-0.1, -0.05) is 12.1 Å². The van der Waals surface area contributed by atoms with E-state index in [1.54, 1.807) is 0 Å². The lowest BCUT2D eigenvalue weighted by Gasteiger charge is -2.31. The molecule has 2 heterocycles. The summed E-state index contributed by atoms with van der Waals surface area (Å²) >= 11 is 0. The molecule has 0 aliphatic carbocycles. The minimum absolute atomic E-state index is 0.314. The van der Waals surface area contributed by atoms with Gasteiger partial charge in [0.1, 0.15) is 5.75 Å². The topological polar surface area (TPSA) is 79.9 Å². The molecule has 26 heavy (non-hydrogen) atoms. The fourth-order valence-corrected chi connectivity index (χ4v) is 3.43. The standard InChI is InChI=1S/C19H25N3O4/c1-3-26-14-8-6-13(7-9-14)17-16(18(23)25-2)15(20-19(24)21-17)12-22-10-4-5-11-22/h6-9,17H,3-5,10-12H2,1-2H3,(H2,20,21,24)/t17-/m0/s1. The van der Waals surface area contributed by atoms with Crippen molar-refractivity contribution >= 4 is 12.0 Å². The molecule has 1 fully saturated rings. The van der Waals surface area contributed by atoms with E-state index in [1.165, 1.54) is 7.11 Å². The molecule has 2 N–H and O–H groups in total. The highest BCUT2D eigenvalue weighted by atomic mass is 16.5. The van der Waals surface area contributed by atoms with Gasteiger partial charge in [-0.05, 0) is 50.6 Å².